The average Bonchev–Trinajstić information content (AvgIpc) is 3.10. The van der Waals surface area contributed by atoms with Crippen LogP contribution in [0.3, 0.4) is 0 Å². The van der Waals surface area contributed by atoms with E-state index in [1.54, 1.807) is 23.9 Å². The van der Waals surface area contributed by atoms with Gasteiger partial charge in [0, 0.05) is 21.5 Å². The summed E-state index contributed by atoms with van der Waals surface area (Å²) >= 11 is 7.50. The molecule has 18 heavy (non-hydrogen) atoms. The fourth-order valence-corrected chi connectivity index (χ4v) is 2.68. The number of nitrogens with zero attached hydrogens (tertiary/aromatic N) is 2. The molecule has 6 heteroatoms. The van der Waals surface area contributed by atoms with Gasteiger partial charge < -0.3 is 10.3 Å². The zero-order valence-electron chi connectivity index (χ0n) is 9.60. The molecule has 1 heterocycles. The Morgan fingerprint density at radius 1 is 1.44 bits per heavy atom. The second-order valence-electron chi connectivity index (χ2n) is 4.29. The first-order chi connectivity index (χ1) is 8.72. The largest absolute Gasteiger partial charge is 0.398 e. The summed E-state index contributed by atoms with van der Waals surface area (Å²) in [5.74, 6) is 2.61. The van der Waals surface area contributed by atoms with E-state index in [4.69, 9.17) is 21.9 Å². The second kappa shape index (κ2) is 4.82. The first kappa shape index (κ1) is 11.9. The summed E-state index contributed by atoms with van der Waals surface area (Å²) in [6, 6.07) is 5.43. The third kappa shape index (κ3) is 2.62. The first-order valence-electron chi connectivity index (χ1n) is 5.72. The van der Waals surface area contributed by atoms with Crippen LogP contribution in [0.4, 0.5) is 5.69 Å². The minimum Gasteiger partial charge on any atom is -0.398 e. The van der Waals surface area contributed by atoms with E-state index in [-0.39, 0.29) is 0 Å². The van der Waals surface area contributed by atoms with Crippen molar-refractivity contribution in [3.05, 3.63) is 34.9 Å². The molecule has 2 N–H and O–H groups in total. The van der Waals surface area contributed by atoms with Gasteiger partial charge in [0.15, 0.2) is 5.82 Å². The monoisotopic (exact) mass is 281 g/mol. The summed E-state index contributed by atoms with van der Waals surface area (Å²) in [4.78, 5) is 5.31. The normalized spacial score (nSPS) is 14.9. The Morgan fingerprint density at radius 3 is 3.06 bits per heavy atom. The van der Waals surface area contributed by atoms with E-state index in [1.807, 2.05) is 6.07 Å². The molecular weight excluding hydrogens is 270 g/mol. The van der Waals surface area contributed by atoms with Crippen LogP contribution in [-0.2, 0) is 5.75 Å². The molecular formula is C12H12ClN3OS. The van der Waals surface area contributed by atoms with Crippen molar-refractivity contribution in [3.8, 4) is 0 Å². The van der Waals surface area contributed by atoms with Gasteiger partial charge in [0.25, 0.3) is 0 Å². The van der Waals surface area contributed by atoms with E-state index in [0.29, 0.717) is 22.5 Å². The number of benzene rings is 1. The highest BCUT2D eigenvalue weighted by atomic mass is 35.5. The lowest BCUT2D eigenvalue weighted by Gasteiger charge is -2.03. The molecule has 0 amide bonds. The zero-order chi connectivity index (χ0) is 12.5. The third-order valence-electron chi connectivity index (χ3n) is 2.74. The Labute approximate surface area is 114 Å². The molecule has 1 aliphatic carbocycles. The van der Waals surface area contributed by atoms with Gasteiger partial charge in [0.05, 0.1) is 5.75 Å². The minimum atomic E-state index is 0.493. The molecule has 94 valence electrons. The molecule has 0 bridgehead atoms. The maximum atomic E-state index is 5.93. The maximum Gasteiger partial charge on any atom is 0.229 e. The number of thioether (sulfide) groups is 1. The Morgan fingerprint density at radius 2 is 2.28 bits per heavy atom. The summed E-state index contributed by atoms with van der Waals surface area (Å²) in [6.45, 7) is 0. The number of rotatable bonds is 4. The molecule has 1 saturated carbocycles. The van der Waals surface area contributed by atoms with Crippen molar-refractivity contribution in [2.75, 3.05) is 5.73 Å². The molecule has 2 aromatic rings. The van der Waals surface area contributed by atoms with Gasteiger partial charge in [-0.1, -0.05) is 16.8 Å². The standard InChI is InChI=1S/C12H12ClN3OS/c13-8-3-4-9(14)10(5-8)18-6-11-15-12(17-16-11)7-1-2-7/h3-5,7H,1-2,6,14H2. The van der Waals surface area contributed by atoms with Gasteiger partial charge in [-0.05, 0) is 31.0 Å². The van der Waals surface area contributed by atoms with E-state index in [0.717, 1.165) is 29.3 Å². The number of anilines is 1. The van der Waals surface area contributed by atoms with Crippen LogP contribution >= 0.6 is 23.4 Å². The molecule has 0 radical (unpaired) electrons. The van der Waals surface area contributed by atoms with Gasteiger partial charge in [-0.25, -0.2) is 0 Å². The van der Waals surface area contributed by atoms with Crippen molar-refractivity contribution in [1.82, 2.24) is 10.1 Å². The number of hydrogen-bond acceptors (Lipinski definition) is 5. The van der Waals surface area contributed by atoms with Crippen LogP contribution in [0.2, 0.25) is 5.02 Å². The van der Waals surface area contributed by atoms with Crippen LogP contribution in [0.5, 0.6) is 0 Å². The highest BCUT2D eigenvalue weighted by Crippen LogP contribution is 2.39. The lowest BCUT2D eigenvalue weighted by atomic mass is 10.3. The smallest absolute Gasteiger partial charge is 0.229 e. The molecule has 0 aliphatic heterocycles. The van der Waals surface area contributed by atoms with Gasteiger partial charge in [-0.15, -0.1) is 11.8 Å². The number of nitrogens with two attached hydrogens (primary N) is 1. The van der Waals surface area contributed by atoms with Crippen LogP contribution < -0.4 is 5.73 Å². The summed E-state index contributed by atoms with van der Waals surface area (Å²) in [7, 11) is 0. The van der Waals surface area contributed by atoms with Gasteiger partial charge in [0.1, 0.15) is 0 Å². The molecule has 1 aromatic carbocycles. The lowest BCUT2D eigenvalue weighted by molar-refractivity contribution is 0.375. The van der Waals surface area contributed by atoms with Crippen LogP contribution in [0, 0.1) is 0 Å². The van der Waals surface area contributed by atoms with Gasteiger partial charge >= 0.3 is 0 Å². The average molecular weight is 282 g/mol. The summed E-state index contributed by atoms with van der Waals surface area (Å²) < 4.78 is 5.20. The van der Waals surface area contributed by atoms with Gasteiger partial charge in [0.2, 0.25) is 5.89 Å². The summed E-state index contributed by atoms with van der Waals surface area (Å²) in [5, 5.41) is 4.64. The van der Waals surface area contributed by atoms with E-state index < -0.39 is 0 Å². The van der Waals surface area contributed by atoms with Gasteiger partial charge in [-0.2, -0.15) is 4.98 Å². The zero-order valence-corrected chi connectivity index (χ0v) is 11.2. The number of aromatic nitrogens is 2. The van der Waals surface area contributed by atoms with Crippen molar-refractivity contribution in [2.45, 2.75) is 29.4 Å². The Kier molecular flexibility index (Phi) is 3.18. The van der Waals surface area contributed by atoms with Crippen molar-refractivity contribution in [3.63, 3.8) is 0 Å². The number of hydrogen-bond donors (Lipinski definition) is 1. The van der Waals surface area contributed by atoms with Crippen molar-refractivity contribution in [1.29, 1.82) is 0 Å². The maximum absolute atomic E-state index is 5.93. The fourth-order valence-electron chi connectivity index (χ4n) is 1.60. The predicted octanol–water partition coefficient (Wildman–Crippen LogP) is 3.47. The fraction of sp³-hybridized carbons (Fsp3) is 0.333. The highest BCUT2D eigenvalue weighted by molar-refractivity contribution is 7.98. The Hall–Kier alpha value is -1.20. The molecule has 0 atom stereocenters. The van der Waals surface area contributed by atoms with Crippen molar-refractivity contribution < 1.29 is 4.52 Å². The number of nitrogen functional groups attached to an aromatic ring is 1. The van der Waals surface area contributed by atoms with E-state index in [2.05, 4.69) is 10.1 Å². The molecule has 1 aliphatic rings. The SMILES string of the molecule is Nc1ccc(Cl)cc1SCc1noc(C2CC2)n1. The summed E-state index contributed by atoms with van der Waals surface area (Å²) in [5.41, 5.74) is 6.59. The molecule has 3 rings (SSSR count). The molecule has 1 fully saturated rings. The molecule has 0 unspecified atom stereocenters. The molecule has 0 saturated heterocycles. The molecule has 0 spiro atoms. The van der Waals surface area contributed by atoms with Crippen LogP contribution in [0.1, 0.15) is 30.5 Å². The second-order valence-corrected chi connectivity index (χ2v) is 5.75. The summed E-state index contributed by atoms with van der Waals surface area (Å²) in [6.07, 6.45) is 2.33. The quantitative estimate of drug-likeness (QED) is 0.686. The molecule has 1 aromatic heterocycles. The third-order valence-corrected chi connectivity index (χ3v) is 4.04. The van der Waals surface area contributed by atoms with E-state index >= 15 is 0 Å². The Balaban J connectivity index is 1.67. The lowest BCUT2D eigenvalue weighted by Crippen LogP contribution is -1.90. The van der Waals surface area contributed by atoms with E-state index in [9.17, 15) is 0 Å². The molecule has 4 nitrogen and oxygen atoms in total. The predicted molar refractivity (Wildman–Crippen MR) is 71.7 cm³/mol. The highest BCUT2D eigenvalue weighted by Gasteiger charge is 2.29. The number of halogens is 1. The van der Waals surface area contributed by atoms with Gasteiger partial charge in [-0.3, -0.25) is 0 Å². The van der Waals surface area contributed by atoms with E-state index in [1.165, 1.54) is 0 Å². The minimum absolute atomic E-state index is 0.493. The van der Waals surface area contributed by atoms with Crippen molar-refractivity contribution >= 4 is 29.1 Å². The van der Waals surface area contributed by atoms with Crippen LogP contribution in [-0.4, -0.2) is 10.1 Å². The first-order valence-corrected chi connectivity index (χ1v) is 7.09. The topological polar surface area (TPSA) is 64.9 Å². The van der Waals surface area contributed by atoms with Crippen molar-refractivity contribution in [2.24, 2.45) is 0 Å². The van der Waals surface area contributed by atoms with Crippen LogP contribution in [0.25, 0.3) is 0 Å². The van der Waals surface area contributed by atoms with Crippen LogP contribution in [0.15, 0.2) is 27.6 Å². The Bertz CT molecular complexity index is 568.